The van der Waals surface area contributed by atoms with Crippen LogP contribution in [0.3, 0.4) is 0 Å². The van der Waals surface area contributed by atoms with E-state index in [1.807, 2.05) is 24.3 Å². The fourth-order valence-corrected chi connectivity index (χ4v) is 5.79. The number of carbonyl (C=O) groups excluding carboxylic acids is 1. The number of nitrogens with two attached hydrogens (primary N) is 2. The molecule has 0 aromatic heterocycles. The lowest BCUT2D eigenvalue weighted by atomic mass is 9.93. The molecular weight excluding hydrogens is 490 g/mol. The minimum atomic E-state index is -4.03. The zero-order chi connectivity index (χ0) is 26.4. The molecule has 1 atom stereocenters. The van der Waals surface area contributed by atoms with Crippen LogP contribution in [0.1, 0.15) is 24.8 Å². The molecule has 10 heteroatoms. The smallest absolute Gasteiger partial charge is 0.244 e. The van der Waals surface area contributed by atoms with Crippen LogP contribution in [0, 0.1) is 11.3 Å². The van der Waals surface area contributed by atoms with Crippen LogP contribution in [0.2, 0.25) is 0 Å². The summed E-state index contributed by atoms with van der Waals surface area (Å²) in [6.07, 6.45) is 2.57. The van der Waals surface area contributed by atoms with Crippen LogP contribution in [0.15, 0.2) is 71.6 Å². The molecule has 4 rings (SSSR count). The molecule has 37 heavy (non-hydrogen) atoms. The average Bonchev–Trinajstić information content (AvgIpc) is 2.91. The number of amides is 1. The number of benzene rings is 3. The first-order chi connectivity index (χ1) is 17.8. The van der Waals surface area contributed by atoms with Gasteiger partial charge >= 0.3 is 0 Å². The molecule has 3 aromatic carbocycles. The highest BCUT2D eigenvalue weighted by atomic mass is 32.2. The quantitative estimate of drug-likeness (QED) is 0.237. The highest BCUT2D eigenvalue weighted by molar-refractivity contribution is 7.89. The molecule has 1 saturated heterocycles. The first kappa shape index (κ1) is 26.6. The number of amidine groups is 1. The van der Waals surface area contributed by atoms with Gasteiger partial charge in [-0.15, -0.1) is 0 Å². The van der Waals surface area contributed by atoms with Gasteiger partial charge in [0.25, 0.3) is 0 Å². The van der Waals surface area contributed by atoms with Crippen LogP contribution in [0.5, 0.6) is 5.75 Å². The van der Waals surface area contributed by atoms with E-state index < -0.39 is 16.1 Å². The van der Waals surface area contributed by atoms with Gasteiger partial charge in [-0.1, -0.05) is 42.5 Å². The minimum Gasteiger partial charge on any atom is -0.491 e. The van der Waals surface area contributed by atoms with E-state index in [1.54, 1.807) is 41.3 Å². The molecule has 0 radical (unpaired) electrons. The Morgan fingerprint density at radius 3 is 2.49 bits per heavy atom. The van der Waals surface area contributed by atoms with Crippen LogP contribution >= 0.6 is 0 Å². The van der Waals surface area contributed by atoms with E-state index in [1.165, 1.54) is 6.07 Å². The summed E-state index contributed by atoms with van der Waals surface area (Å²) in [6, 6.07) is 17.8. The normalized spacial score (nSPS) is 15.4. The highest BCUT2D eigenvalue weighted by Crippen LogP contribution is 2.22. The predicted molar refractivity (Wildman–Crippen MR) is 144 cm³/mol. The van der Waals surface area contributed by atoms with Crippen LogP contribution in [-0.2, 0) is 14.8 Å². The number of hydrogen-bond donors (Lipinski definition) is 4. The van der Waals surface area contributed by atoms with Gasteiger partial charge in [-0.3, -0.25) is 10.2 Å². The van der Waals surface area contributed by atoms with Crippen molar-refractivity contribution in [3.8, 4) is 5.75 Å². The number of nitrogen functional groups attached to an aromatic ring is 1. The van der Waals surface area contributed by atoms with E-state index in [2.05, 4.69) is 4.72 Å². The Bertz CT molecular complexity index is 1370. The van der Waals surface area contributed by atoms with E-state index in [9.17, 15) is 13.2 Å². The van der Waals surface area contributed by atoms with E-state index in [0.717, 1.165) is 30.0 Å². The zero-order valence-electron chi connectivity index (χ0n) is 20.6. The Morgan fingerprint density at radius 1 is 1.05 bits per heavy atom. The van der Waals surface area contributed by atoms with Gasteiger partial charge in [0.2, 0.25) is 15.9 Å². The number of sulfonamides is 1. The predicted octanol–water partition coefficient (Wildman–Crippen LogP) is 2.44. The zero-order valence-corrected chi connectivity index (χ0v) is 21.4. The minimum absolute atomic E-state index is 0.0734. The first-order valence-electron chi connectivity index (χ1n) is 12.3. The molecule has 6 N–H and O–H groups in total. The molecule has 1 fully saturated rings. The third kappa shape index (κ3) is 6.65. The average molecular weight is 524 g/mol. The molecular formula is C27H33N5O4S. The summed E-state index contributed by atoms with van der Waals surface area (Å²) in [7, 11) is -4.03. The van der Waals surface area contributed by atoms with Gasteiger partial charge in [-0.2, -0.15) is 4.72 Å². The number of piperidine rings is 1. The molecule has 1 heterocycles. The molecule has 1 aliphatic rings. The maximum Gasteiger partial charge on any atom is 0.244 e. The maximum absolute atomic E-state index is 13.5. The molecule has 196 valence electrons. The van der Waals surface area contributed by atoms with Gasteiger partial charge in [-0.25, -0.2) is 8.42 Å². The van der Waals surface area contributed by atoms with Crippen molar-refractivity contribution in [1.29, 1.82) is 5.41 Å². The number of likely N-dealkylation sites (tertiary alicyclic amines) is 1. The highest BCUT2D eigenvalue weighted by Gasteiger charge is 2.32. The van der Waals surface area contributed by atoms with Gasteiger partial charge in [-0.05, 0) is 66.8 Å². The summed E-state index contributed by atoms with van der Waals surface area (Å²) in [5, 5.41) is 9.33. The van der Waals surface area contributed by atoms with Crippen molar-refractivity contribution in [3.05, 3.63) is 72.3 Å². The Hall–Kier alpha value is -3.47. The van der Waals surface area contributed by atoms with E-state index >= 15 is 0 Å². The Balaban J connectivity index is 1.55. The number of rotatable bonds is 10. The van der Waals surface area contributed by atoms with E-state index in [4.69, 9.17) is 21.6 Å². The van der Waals surface area contributed by atoms with Gasteiger partial charge in [0.1, 0.15) is 24.2 Å². The Labute approximate surface area is 217 Å². The van der Waals surface area contributed by atoms with Crippen LogP contribution in [0.4, 0.5) is 0 Å². The second-order valence-corrected chi connectivity index (χ2v) is 11.0. The third-order valence-corrected chi connectivity index (χ3v) is 8.16. The molecule has 9 nitrogen and oxygen atoms in total. The van der Waals surface area contributed by atoms with E-state index in [-0.39, 0.29) is 23.2 Å². The summed E-state index contributed by atoms with van der Waals surface area (Å²) in [5.41, 5.74) is 11.7. The van der Waals surface area contributed by atoms with Crippen molar-refractivity contribution < 1.29 is 17.9 Å². The van der Waals surface area contributed by atoms with Crippen molar-refractivity contribution in [3.63, 3.8) is 0 Å². The SMILES string of the molecule is N=C(N)c1cccc(OC[C@H](NS(=O)(=O)c2ccc3ccccc3c2)C(=O)N2CCC(CCN)CC2)c1. The summed E-state index contributed by atoms with van der Waals surface area (Å²) < 4.78 is 35.2. The van der Waals surface area contributed by atoms with Crippen LogP contribution < -0.4 is 20.9 Å². The molecule has 0 bridgehead atoms. The standard InChI is InChI=1S/C27H33N5O4S/c28-13-10-19-11-14-32(15-12-19)27(33)25(18-36-23-7-3-6-22(16-23)26(29)30)31-37(34,35)24-9-8-20-4-1-2-5-21(20)17-24/h1-9,16-17,19,25,31H,10-15,18,28H2,(H3,29,30)/t25-/m0/s1. The van der Waals surface area contributed by atoms with Crippen molar-refractivity contribution in [2.75, 3.05) is 26.2 Å². The summed E-state index contributed by atoms with van der Waals surface area (Å²) >= 11 is 0. The summed E-state index contributed by atoms with van der Waals surface area (Å²) in [6.45, 7) is 1.48. The van der Waals surface area contributed by atoms with Crippen molar-refractivity contribution in [2.45, 2.75) is 30.2 Å². The maximum atomic E-state index is 13.5. The largest absolute Gasteiger partial charge is 0.491 e. The van der Waals surface area contributed by atoms with Crippen molar-refractivity contribution in [1.82, 2.24) is 9.62 Å². The van der Waals surface area contributed by atoms with Gasteiger partial charge in [0.15, 0.2) is 0 Å². The Morgan fingerprint density at radius 2 is 1.78 bits per heavy atom. The van der Waals surface area contributed by atoms with Crippen molar-refractivity contribution in [2.24, 2.45) is 17.4 Å². The monoisotopic (exact) mass is 523 g/mol. The number of nitrogens with one attached hydrogen (secondary N) is 2. The lowest BCUT2D eigenvalue weighted by Crippen LogP contribution is -2.53. The number of nitrogens with zero attached hydrogens (tertiary/aromatic N) is 1. The second-order valence-electron chi connectivity index (χ2n) is 9.28. The fraction of sp³-hybridized carbons (Fsp3) is 0.333. The lowest BCUT2D eigenvalue weighted by Gasteiger charge is -2.34. The van der Waals surface area contributed by atoms with Gasteiger partial charge in [0, 0.05) is 18.7 Å². The summed E-state index contributed by atoms with van der Waals surface area (Å²) in [4.78, 5) is 15.3. The molecule has 0 saturated carbocycles. The fourth-order valence-electron chi connectivity index (χ4n) is 4.58. The Kier molecular flexibility index (Phi) is 8.42. The molecule has 0 spiro atoms. The molecule has 0 aliphatic carbocycles. The summed E-state index contributed by atoms with van der Waals surface area (Å²) in [5.74, 6) is 0.401. The third-order valence-electron chi connectivity index (χ3n) is 6.69. The second kappa shape index (κ2) is 11.7. The van der Waals surface area contributed by atoms with Crippen LogP contribution in [0.25, 0.3) is 10.8 Å². The molecule has 1 aliphatic heterocycles. The van der Waals surface area contributed by atoms with Gasteiger partial charge < -0.3 is 21.1 Å². The topological polar surface area (TPSA) is 152 Å². The molecule has 1 amide bonds. The van der Waals surface area contributed by atoms with Crippen LogP contribution in [-0.4, -0.2) is 57.3 Å². The molecule has 3 aromatic rings. The molecule has 0 unspecified atom stereocenters. The number of fused-ring (bicyclic) bond motifs is 1. The number of carbonyl (C=O) groups is 1. The van der Waals surface area contributed by atoms with E-state index in [0.29, 0.717) is 36.9 Å². The first-order valence-corrected chi connectivity index (χ1v) is 13.8. The van der Waals surface area contributed by atoms with Crippen molar-refractivity contribution >= 4 is 32.5 Å². The number of hydrogen-bond acceptors (Lipinski definition) is 6. The van der Waals surface area contributed by atoms with Gasteiger partial charge in [0.05, 0.1) is 4.90 Å². The lowest BCUT2D eigenvalue weighted by molar-refractivity contribution is -0.135. The number of ether oxygens (including phenoxy) is 1.